The van der Waals surface area contributed by atoms with Crippen molar-refractivity contribution in [3.63, 3.8) is 0 Å². The largest absolute Gasteiger partial charge is 0.491 e. The van der Waals surface area contributed by atoms with E-state index in [-0.39, 0.29) is 18.4 Å². The Bertz CT molecular complexity index is 1030. The minimum absolute atomic E-state index is 0.0652. The molecular formula is C24H26N2O3. The van der Waals surface area contributed by atoms with Crippen LogP contribution in [0, 0.1) is 13.8 Å². The molecule has 0 saturated carbocycles. The molecule has 0 bridgehead atoms. The van der Waals surface area contributed by atoms with Gasteiger partial charge in [0.05, 0.1) is 18.0 Å². The molecule has 1 N–H and O–H groups in total. The van der Waals surface area contributed by atoms with Crippen LogP contribution in [0.5, 0.6) is 5.75 Å². The first-order valence-corrected chi connectivity index (χ1v) is 10.1. The summed E-state index contributed by atoms with van der Waals surface area (Å²) < 4.78 is 11.4. The smallest absolute Gasteiger partial charge is 0.228 e. The average molecular weight is 390 g/mol. The van der Waals surface area contributed by atoms with E-state index in [4.69, 9.17) is 9.47 Å². The minimum Gasteiger partial charge on any atom is -0.491 e. The van der Waals surface area contributed by atoms with Gasteiger partial charge in [-0.25, -0.2) is 0 Å². The number of carbonyl (C=O) groups is 1. The van der Waals surface area contributed by atoms with Crippen LogP contribution >= 0.6 is 0 Å². The summed E-state index contributed by atoms with van der Waals surface area (Å²) in [5.74, 6) is 0.669. The molecule has 0 aliphatic carbocycles. The second-order valence-corrected chi connectivity index (χ2v) is 7.52. The van der Waals surface area contributed by atoms with E-state index in [1.54, 1.807) is 0 Å². The zero-order chi connectivity index (χ0) is 20.2. The molecule has 1 aliphatic rings. The maximum atomic E-state index is 12.7. The lowest BCUT2D eigenvalue weighted by Crippen LogP contribution is -2.17. The molecule has 150 valence electrons. The summed E-state index contributed by atoms with van der Waals surface area (Å²) in [4.78, 5) is 17.4. The number of aryl methyl sites for hydroxylation is 2. The van der Waals surface area contributed by atoms with Crippen molar-refractivity contribution in [3.05, 3.63) is 65.4 Å². The summed E-state index contributed by atoms with van der Waals surface area (Å²) in [6.07, 6.45) is 2.58. The van der Waals surface area contributed by atoms with Crippen molar-refractivity contribution in [1.82, 2.24) is 4.98 Å². The van der Waals surface area contributed by atoms with Gasteiger partial charge in [0, 0.05) is 29.4 Å². The molecule has 29 heavy (non-hydrogen) atoms. The van der Waals surface area contributed by atoms with E-state index in [2.05, 4.69) is 17.2 Å². The number of pyridine rings is 1. The van der Waals surface area contributed by atoms with E-state index in [1.807, 2.05) is 55.5 Å². The molecule has 4 rings (SSSR count). The van der Waals surface area contributed by atoms with Crippen LogP contribution < -0.4 is 10.1 Å². The number of rotatable bonds is 6. The van der Waals surface area contributed by atoms with Crippen molar-refractivity contribution in [2.75, 3.05) is 18.5 Å². The van der Waals surface area contributed by atoms with Gasteiger partial charge in [-0.05, 0) is 56.0 Å². The number of benzene rings is 2. The number of para-hydroxylation sites is 1. The van der Waals surface area contributed by atoms with E-state index < -0.39 is 0 Å². The minimum atomic E-state index is -0.0652. The summed E-state index contributed by atoms with van der Waals surface area (Å²) in [5, 5.41) is 4.07. The van der Waals surface area contributed by atoms with Crippen LogP contribution in [-0.2, 0) is 16.0 Å². The molecule has 1 aliphatic heterocycles. The number of nitrogens with one attached hydrogen (secondary N) is 1. The quantitative estimate of drug-likeness (QED) is 0.669. The van der Waals surface area contributed by atoms with Gasteiger partial charge in [0.15, 0.2) is 0 Å². The second-order valence-electron chi connectivity index (χ2n) is 7.52. The van der Waals surface area contributed by atoms with Crippen LogP contribution in [0.2, 0.25) is 0 Å². The van der Waals surface area contributed by atoms with Crippen molar-refractivity contribution in [1.29, 1.82) is 0 Å². The number of fused-ring (bicyclic) bond motifs is 1. The number of carbonyl (C=O) groups excluding carboxylic acids is 1. The zero-order valence-electron chi connectivity index (χ0n) is 16.9. The van der Waals surface area contributed by atoms with Gasteiger partial charge >= 0.3 is 0 Å². The van der Waals surface area contributed by atoms with E-state index in [9.17, 15) is 4.79 Å². The Kier molecular flexibility index (Phi) is 5.76. The molecular weight excluding hydrogens is 364 g/mol. The van der Waals surface area contributed by atoms with Crippen molar-refractivity contribution < 1.29 is 14.3 Å². The first kappa shape index (κ1) is 19.4. The van der Waals surface area contributed by atoms with Crippen LogP contribution in [-0.4, -0.2) is 30.2 Å². The standard InChI is InChI=1S/C24H26N2O3/c1-16-21-10-3-4-11-23(21)25-17(2)22(16)14-24(27)26-18-7-5-8-19(13-18)29-15-20-9-6-12-28-20/h3-5,7-8,10-11,13,20H,6,9,12,14-15H2,1-2H3,(H,26,27). The number of nitrogens with zero attached hydrogens (tertiary/aromatic N) is 1. The third-order valence-corrected chi connectivity index (χ3v) is 5.40. The van der Waals surface area contributed by atoms with Crippen LogP contribution in [0.15, 0.2) is 48.5 Å². The fraction of sp³-hybridized carbons (Fsp3) is 0.333. The van der Waals surface area contributed by atoms with Crippen molar-refractivity contribution in [2.24, 2.45) is 0 Å². The van der Waals surface area contributed by atoms with Crippen LogP contribution in [0.1, 0.15) is 29.7 Å². The summed E-state index contributed by atoms with van der Waals surface area (Å²) in [6, 6.07) is 15.5. The molecule has 1 saturated heterocycles. The molecule has 2 heterocycles. The Morgan fingerprint density at radius 1 is 1.21 bits per heavy atom. The van der Waals surface area contributed by atoms with Crippen molar-refractivity contribution in [3.8, 4) is 5.75 Å². The lowest BCUT2D eigenvalue weighted by molar-refractivity contribution is -0.115. The van der Waals surface area contributed by atoms with E-state index in [0.29, 0.717) is 6.61 Å². The number of ether oxygens (including phenoxy) is 2. The summed E-state index contributed by atoms with van der Waals surface area (Å²) in [6.45, 7) is 5.37. The van der Waals surface area contributed by atoms with E-state index in [1.165, 1.54) is 0 Å². The Morgan fingerprint density at radius 3 is 2.90 bits per heavy atom. The highest BCUT2D eigenvalue weighted by Crippen LogP contribution is 2.24. The molecule has 0 radical (unpaired) electrons. The fourth-order valence-corrected chi connectivity index (χ4v) is 3.83. The molecule has 1 atom stereocenters. The maximum Gasteiger partial charge on any atom is 0.228 e. The normalized spacial score (nSPS) is 16.1. The molecule has 1 fully saturated rings. The third kappa shape index (κ3) is 4.57. The Balaban J connectivity index is 1.43. The molecule has 5 nitrogen and oxygen atoms in total. The van der Waals surface area contributed by atoms with Gasteiger partial charge in [0.25, 0.3) is 0 Å². The average Bonchev–Trinajstić information content (AvgIpc) is 3.24. The Labute approximate surface area is 171 Å². The van der Waals surface area contributed by atoms with Gasteiger partial charge in [-0.2, -0.15) is 0 Å². The molecule has 5 heteroatoms. The lowest BCUT2D eigenvalue weighted by atomic mass is 9.99. The topological polar surface area (TPSA) is 60.5 Å². The SMILES string of the molecule is Cc1nc2ccccc2c(C)c1CC(=O)Nc1cccc(OCC2CCCO2)c1. The molecule has 3 aromatic rings. The number of hydrogen-bond donors (Lipinski definition) is 1. The second kappa shape index (κ2) is 8.62. The Hall–Kier alpha value is -2.92. The monoisotopic (exact) mass is 390 g/mol. The summed E-state index contributed by atoms with van der Waals surface area (Å²) >= 11 is 0. The number of hydrogen-bond acceptors (Lipinski definition) is 4. The molecule has 1 aromatic heterocycles. The molecule has 2 aromatic carbocycles. The first-order chi connectivity index (χ1) is 14.1. The van der Waals surface area contributed by atoms with Crippen molar-refractivity contribution >= 4 is 22.5 Å². The fourth-order valence-electron chi connectivity index (χ4n) is 3.83. The number of aromatic nitrogens is 1. The van der Waals surface area contributed by atoms with Crippen LogP contribution in [0.3, 0.4) is 0 Å². The highest BCUT2D eigenvalue weighted by atomic mass is 16.5. The highest BCUT2D eigenvalue weighted by molar-refractivity contribution is 5.94. The predicted molar refractivity (Wildman–Crippen MR) is 114 cm³/mol. The van der Waals surface area contributed by atoms with Gasteiger partial charge in [-0.1, -0.05) is 24.3 Å². The lowest BCUT2D eigenvalue weighted by Gasteiger charge is -2.14. The van der Waals surface area contributed by atoms with Gasteiger partial charge in [-0.3, -0.25) is 9.78 Å². The predicted octanol–water partition coefficient (Wildman–Crippen LogP) is 4.59. The highest BCUT2D eigenvalue weighted by Gasteiger charge is 2.16. The van der Waals surface area contributed by atoms with Crippen LogP contribution in [0.25, 0.3) is 10.9 Å². The van der Waals surface area contributed by atoms with Crippen LogP contribution in [0.4, 0.5) is 5.69 Å². The van der Waals surface area contributed by atoms with Crippen molar-refractivity contribution in [2.45, 2.75) is 39.2 Å². The maximum absolute atomic E-state index is 12.7. The summed E-state index contributed by atoms with van der Waals surface area (Å²) in [7, 11) is 0. The molecule has 1 amide bonds. The van der Waals surface area contributed by atoms with E-state index in [0.717, 1.165) is 58.6 Å². The number of anilines is 1. The first-order valence-electron chi connectivity index (χ1n) is 10.1. The van der Waals surface area contributed by atoms with Gasteiger partial charge in [0.1, 0.15) is 12.4 Å². The number of amides is 1. The van der Waals surface area contributed by atoms with E-state index >= 15 is 0 Å². The van der Waals surface area contributed by atoms with Gasteiger partial charge < -0.3 is 14.8 Å². The zero-order valence-corrected chi connectivity index (χ0v) is 16.9. The molecule has 0 spiro atoms. The Morgan fingerprint density at radius 2 is 2.07 bits per heavy atom. The van der Waals surface area contributed by atoms with Gasteiger partial charge in [-0.15, -0.1) is 0 Å². The van der Waals surface area contributed by atoms with Gasteiger partial charge in [0.2, 0.25) is 5.91 Å². The summed E-state index contributed by atoms with van der Waals surface area (Å²) in [5.41, 5.74) is 4.67. The molecule has 1 unspecified atom stereocenters. The third-order valence-electron chi connectivity index (χ3n) is 5.40.